The van der Waals surface area contributed by atoms with Gasteiger partial charge in [0, 0.05) is 24.1 Å². The number of benzene rings is 1. The Kier molecular flexibility index (Phi) is 4.10. The van der Waals surface area contributed by atoms with Crippen LogP contribution >= 0.6 is 11.6 Å². The molecule has 1 saturated heterocycles. The van der Waals surface area contributed by atoms with Crippen LogP contribution in [0, 0.1) is 10.1 Å². The fourth-order valence-corrected chi connectivity index (χ4v) is 2.43. The molecular weight excluding hydrogens is 304 g/mol. The number of nitrogens with zero attached hydrogens (tertiary/aromatic N) is 2. The van der Waals surface area contributed by atoms with Crippen molar-refractivity contribution >= 4 is 29.2 Å². The van der Waals surface area contributed by atoms with E-state index in [0.29, 0.717) is 0 Å². The fraction of sp³-hybridized carbons (Fsp3) is 0.333. The predicted molar refractivity (Wildman–Crippen MR) is 71.2 cm³/mol. The van der Waals surface area contributed by atoms with E-state index in [1.807, 2.05) is 0 Å². The third kappa shape index (κ3) is 2.96. The fourth-order valence-electron chi connectivity index (χ4n) is 2.26. The number of hydrogen-bond acceptors (Lipinski definition) is 5. The molecule has 0 bridgehead atoms. The van der Waals surface area contributed by atoms with Crippen molar-refractivity contribution in [3.63, 3.8) is 0 Å². The predicted octanol–water partition coefficient (Wildman–Crippen LogP) is 0.908. The third-order valence-electron chi connectivity index (χ3n) is 3.21. The Bertz CT molecular complexity index is 620. The van der Waals surface area contributed by atoms with Crippen LogP contribution in [0.2, 0.25) is 5.02 Å². The van der Waals surface area contributed by atoms with Gasteiger partial charge in [-0.05, 0) is 12.1 Å². The van der Waals surface area contributed by atoms with Crippen LogP contribution in [-0.4, -0.2) is 50.6 Å². The van der Waals surface area contributed by atoms with Crippen molar-refractivity contribution in [2.75, 3.05) is 6.54 Å². The second kappa shape index (κ2) is 5.66. The van der Waals surface area contributed by atoms with Crippen LogP contribution < -0.4 is 0 Å². The molecule has 112 valence electrons. The number of nitro groups is 1. The number of aliphatic hydroxyl groups is 1. The maximum atomic E-state index is 12.3. The monoisotopic (exact) mass is 314 g/mol. The average Bonchev–Trinajstić information content (AvgIpc) is 2.80. The molecule has 0 saturated carbocycles. The normalized spacial score (nSPS) is 21.3. The van der Waals surface area contributed by atoms with Crippen LogP contribution in [-0.2, 0) is 4.79 Å². The zero-order valence-corrected chi connectivity index (χ0v) is 11.4. The molecule has 2 rings (SSSR count). The first-order chi connectivity index (χ1) is 9.81. The van der Waals surface area contributed by atoms with E-state index in [4.69, 9.17) is 16.7 Å². The Labute approximate surface area is 123 Å². The lowest BCUT2D eigenvalue weighted by Gasteiger charge is -2.21. The third-order valence-corrected chi connectivity index (χ3v) is 3.45. The standard InChI is InChI=1S/C12H11ClN2O6/c13-6-1-2-8(9(3-6)15(20)21)11(17)14-5-7(16)4-10(14)12(18)19/h1-3,7,10,16H,4-5H2,(H,18,19)/t7-,10+/m1/s1. The molecule has 2 N–H and O–H groups in total. The topological polar surface area (TPSA) is 121 Å². The van der Waals surface area contributed by atoms with Gasteiger partial charge in [0.1, 0.15) is 11.6 Å². The van der Waals surface area contributed by atoms with Gasteiger partial charge in [-0.15, -0.1) is 0 Å². The summed E-state index contributed by atoms with van der Waals surface area (Å²) in [5.41, 5.74) is -0.761. The number of halogens is 1. The number of carbonyl (C=O) groups excluding carboxylic acids is 1. The molecule has 0 unspecified atom stereocenters. The molecule has 9 heteroatoms. The molecule has 1 aromatic rings. The molecule has 1 aliphatic rings. The number of carboxylic acid groups (broad SMARTS) is 1. The summed E-state index contributed by atoms with van der Waals surface area (Å²) in [5, 5.41) is 29.7. The quantitative estimate of drug-likeness (QED) is 0.631. The van der Waals surface area contributed by atoms with Gasteiger partial charge in [-0.25, -0.2) is 4.79 Å². The average molecular weight is 315 g/mol. The number of aliphatic hydroxyl groups excluding tert-OH is 1. The first-order valence-electron chi connectivity index (χ1n) is 5.97. The molecule has 21 heavy (non-hydrogen) atoms. The van der Waals surface area contributed by atoms with Gasteiger partial charge in [0.15, 0.2) is 0 Å². The summed E-state index contributed by atoms with van der Waals surface area (Å²) in [6.07, 6.45) is -1.08. The molecule has 1 aliphatic heterocycles. The molecular formula is C12H11ClN2O6. The van der Waals surface area contributed by atoms with Crippen molar-refractivity contribution in [3.8, 4) is 0 Å². The number of likely N-dealkylation sites (tertiary alicyclic amines) is 1. The molecule has 1 amide bonds. The second-order valence-corrected chi connectivity index (χ2v) is 5.06. The largest absolute Gasteiger partial charge is 0.480 e. The zero-order chi connectivity index (χ0) is 15.7. The summed E-state index contributed by atoms with van der Waals surface area (Å²) in [7, 11) is 0. The van der Waals surface area contributed by atoms with Crippen LogP contribution in [0.3, 0.4) is 0 Å². The molecule has 1 heterocycles. The summed E-state index contributed by atoms with van der Waals surface area (Å²) in [6, 6.07) is 2.30. The van der Waals surface area contributed by atoms with Crippen LogP contribution in [0.15, 0.2) is 18.2 Å². The van der Waals surface area contributed by atoms with E-state index in [1.165, 1.54) is 12.1 Å². The lowest BCUT2D eigenvalue weighted by Crippen LogP contribution is -2.40. The van der Waals surface area contributed by atoms with Crippen molar-refractivity contribution in [2.24, 2.45) is 0 Å². The van der Waals surface area contributed by atoms with Gasteiger partial charge in [0.2, 0.25) is 0 Å². The lowest BCUT2D eigenvalue weighted by atomic mass is 10.1. The van der Waals surface area contributed by atoms with E-state index in [1.54, 1.807) is 0 Å². The van der Waals surface area contributed by atoms with Gasteiger partial charge >= 0.3 is 5.97 Å². The Morgan fingerprint density at radius 1 is 1.43 bits per heavy atom. The number of carbonyl (C=O) groups is 2. The van der Waals surface area contributed by atoms with E-state index >= 15 is 0 Å². The number of nitro benzene ring substituents is 1. The van der Waals surface area contributed by atoms with Gasteiger partial charge in [-0.2, -0.15) is 0 Å². The number of β-amino-alcohol motifs (C(OH)–C–C–N with tert-alkyl or cyclic N) is 1. The van der Waals surface area contributed by atoms with E-state index in [0.717, 1.165) is 11.0 Å². The molecule has 0 spiro atoms. The number of hydrogen-bond donors (Lipinski definition) is 2. The lowest BCUT2D eigenvalue weighted by molar-refractivity contribution is -0.385. The summed E-state index contributed by atoms with van der Waals surface area (Å²) < 4.78 is 0. The summed E-state index contributed by atoms with van der Waals surface area (Å²) in [4.78, 5) is 34.6. The zero-order valence-electron chi connectivity index (χ0n) is 10.6. The molecule has 0 radical (unpaired) electrons. The summed E-state index contributed by atoms with van der Waals surface area (Å²) in [6.45, 7) is -0.185. The van der Waals surface area contributed by atoms with Gasteiger partial charge < -0.3 is 15.1 Å². The molecule has 0 aliphatic carbocycles. The van der Waals surface area contributed by atoms with E-state index in [2.05, 4.69) is 0 Å². The Balaban J connectivity index is 2.40. The number of rotatable bonds is 3. The highest BCUT2D eigenvalue weighted by molar-refractivity contribution is 6.31. The molecule has 0 aromatic heterocycles. The van der Waals surface area contributed by atoms with E-state index in [9.17, 15) is 24.8 Å². The van der Waals surface area contributed by atoms with Crippen LogP contribution in [0.1, 0.15) is 16.8 Å². The first-order valence-corrected chi connectivity index (χ1v) is 6.35. The molecule has 2 atom stereocenters. The smallest absolute Gasteiger partial charge is 0.326 e. The number of carboxylic acids is 1. The highest BCUT2D eigenvalue weighted by atomic mass is 35.5. The van der Waals surface area contributed by atoms with Crippen LogP contribution in [0.25, 0.3) is 0 Å². The van der Waals surface area contributed by atoms with Crippen molar-refractivity contribution in [1.82, 2.24) is 4.90 Å². The van der Waals surface area contributed by atoms with Gasteiger partial charge in [-0.3, -0.25) is 14.9 Å². The number of aliphatic carboxylic acids is 1. The summed E-state index contributed by atoms with van der Waals surface area (Å²) >= 11 is 5.66. The maximum absolute atomic E-state index is 12.3. The van der Waals surface area contributed by atoms with E-state index < -0.39 is 34.6 Å². The van der Waals surface area contributed by atoms with Crippen molar-refractivity contribution < 1.29 is 24.7 Å². The minimum absolute atomic E-state index is 0.0921. The van der Waals surface area contributed by atoms with Crippen molar-refractivity contribution in [1.29, 1.82) is 0 Å². The maximum Gasteiger partial charge on any atom is 0.326 e. The minimum Gasteiger partial charge on any atom is -0.480 e. The first kappa shape index (κ1) is 15.2. The number of amides is 1. The molecule has 1 fully saturated rings. The highest BCUT2D eigenvalue weighted by Crippen LogP contribution is 2.27. The molecule has 1 aromatic carbocycles. The Morgan fingerprint density at radius 2 is 2.10 bits per heavy atom. The molecule has 8 nitrogen and oxygen atoms in total. The van der Waals surface area contributed by atoms with Crippen molar-refractivity contribution in [3.05, 3.63) is 38.9 Å². The second-order valence-electron chi connectivity index (χ2n) is 4.62. The van der Waals surface area contributed by atoms with Crippen molar-refractivity contribution in [2.45, 2.75) is 18.6 Å². The SMILES string of the molecule is O=C(O)[C@@H]1C[C@@H](O)CN1C(=O)c1ccc(Cl)cc1[N+](=O)[O-]. The van der Waals surface area contributed by atoms with Crippen LogP contribution in [0.4, 0.5) is 5.69 Å². The van der Waals surface area contributed by atoms with Gasteiger partial charge in [0.25, 0.3) is 11.6 Å². The van der Waals surface area contributed by atoms with Gasteiger partial charge in [0.05, 0.1) is 11.0 Å². The van der Waals surface area contributed by atoms with Gasteiger partial charge in [-0.1, -0.05) is 11.6 Å². The summed E-state index contributed by atoms with van der Waals surface area (Å²) in [5.74, 6) is -2.08. The highest BCUT2D eigenvalue weighted by Gasteiger charge is 2.40. The minimum atomic E-state index is -1.27. The van der Waals surface area contributed by atoms with E-state index in [-0.39, 0.29) is 23.6 Å². The van der Waals surface area contributed by atoms with Crippen LogP contribution in [0.5, 0.6) is 0 Å². The Morgan fingerprint density at radius 3 is 2.67 bits per heavy atom. The Hall–Kier alpha value is -2.19.